The van der Waals surface area contributed by atoms with E-state index in [4.69, 9.17) is 20.2 Å². The predicted molar refractivity (Wildman–Crippen MR) is 75.6 cm³/mol. The second-order valence-electron chi connectivity index (χ2n) is 4.34. The smallest absolute Gasteiger partial charge is 0.261 e. The summed E-state index contributed by atoms with van der Waals surface area (Å²) in [5, 5.41) is 0. The molecule has 0 saturated carbocycles. The Balaban J connectivity index is 2.93. The minimum Gasteiger partial charge on any atom is -0.491 e. The van der Waals surface area contributed by atoms with Crippen molar-refractivity contribution in [2.24, 2.45) is 0 Å². The number of rotatable bonds is 7. The van der Waals surface area contributed by atoms with Gasteiger partial charge in [0.1, 0.15) is 12.4 Å². The molecule has 0 fully saturated rings. The molecule has 0 radical (unpaired) electrons. The van der Waals surface area contributed by atoms with Crippen molar-refractivity contribution in [3.05, 3.63) is 23.8 Å². The fraction of sp³-hybridized carbons (Fsp3) is 0.538. The summed E-state index contributed by atoms with van der Waals surface area (Å²) in [7, 11) is 1.63. The van der Waals surface area contributed by atoms with Crippen molar-refractivity contribution in [1.82, 2.24) is 0 Å². The fourth-order valence-corrected chi connectivity index (χ4v) is 2.40. The molecular formula is C13H19ClO4S. The Morgan fingerprint density at radius 3 is 2.47 bits per heavy atom. The average molecular weight is 307 g/mol. The first-order valence-corrected chi connectivity index (χ1v) is 8.46. The molecule has 108 valence electrons. The zero-order chi connectivity index (χ0) is 14.5. The highest BCUT2D eigenvalue weighted by molar-refractivity contribution is 8.13. The van der Waals surface area contributed by atoms with Gasteiger partial charge in [-0.25, -0.2) is 8.42 Å². The van der Waals surface area contributed by atoms with E-state index in [0.717, 1.165) is 5.56 Å². The van der Waals surface area contributed by atoms with Crippen molar-refractivity contribution in [3.63, 3.8) is 0 Å². The summed E-state index contributed by atoms with van der Waals surface area (Å²) in [6, 6.07) is 4.64. The molecule has 0 bridgehead atoms. The van der Waals surface area contributed by atoms with E-state index in [2.05, 4.69) is 0 Å². The Hall–Kier alpha value is -0.780. The van der Waals surface area contributed by atoms with Gasteiger partial charge in [-0.3, -0.25) is 0 Å². The third-order valence-electron chi connectivity index (χ3n) is 2.57. The maximum Gasteiger partial charge on any atom is 0.261 e. The molecule has 0 aromatic heterocycles. The Kier molecular flexibility index (Phi) is 6.10. The Morgan fingerprint density at radius 1 is 1.26 bits per heavy atom. The van der Waals surface area contributed by atoms with E-state index in [1.54, 1.807) is 12.1 Å². The average Bonchev–Trinajstić information content (AvgIpc) is 2.33. The van der Waals surface area contributed by atoms with Crippen LogP contribution in [0.25, 0.3) is 0 Å². The first-order chi connectivity index (χ1) is 8.86. The van der Waals surface area contributed by atoms with Crippen molar-refractivity contribution in [1.29, 1.82) is 0 Å². The fourth-order valence-electron chi connectivity index (χ4n) is 1.62. The number of benzene rings is 1. The van der Waals surface area contributed by atoms with Gasteiger partial charge in [0.2, 0.25) is 0 Å². The molecule has 0 spiro atoms. The number of hydrogen-bond donors (Lipinski definition) is 0. The van der Waals surface area contributed by atoms with Gasteiger partial charge in [-0.2, -0.15) is 0 Å². The lowest BCUT2D eigenvalue weighted by molar-refractivity contribution is 0.109. The molecule has 19 heavy (non-hydrogen) atoms. The van der Waals surface area contributed by atoms with Gasteiger partial charge in [0.05, 0.1) is 11.5 Å². The van der Waals surface area contributed by atoms with Crippen molar-refractivity contribution in [2.75, 3.05) is 19.8 Å². The molecule has 0 saturated heterocycles. The van der Waals surface area contributed by atoms with Crippen LogP contribution in [0.3, 0.4) is 0 Å². The quantitative estimate of drug-likeness (QED) is 0.573. The number of hydrogen-bond acceptors (Lipinski definition) is 4. The number of ether oxygens (including phenoxy) is 2. The van der Waals surface area contributed by atoms with Crippen molar-refractivity contribution >= 4 is 19.7 Å². The molecular weight excluding hydrogens is 288 g/mol. The van der Waals surface area contributed by atoms with E-state index in [9.17, 15) is 8.42 Å². The molecule has 1 aromatic carbocycles. The standard InChI is InChI=1S/C13H19ClO4S/c1-4-17-7-8-18-13-6-5-11(19(14,15)16)9-12(13)10(2)3/h5-6,9-10H,4,7-8H2,1-3H3. The van der Waals surface area contributed by atoms with E-state index in [1.807, 2.05) is 20.8 Å². The molecule has 0 N–H and O–H groups in total. The normalized spacial score (nSPS) is 11.8. The molecule has 6 heteroatoms. The maximum atomic E-state index is 11.3. The molecule has 4 nitrogen and oxygen atoms in total. The topological polar surface area (TPSA) is 52.6 Å². The van der Waals surface area contributed by atoms with Gasteiger partial charge in [0.25, 0.3) is 9.05 Å². The van der Waals surface area contributed by atoms with Gasteiger partial charge in [-0.05, 0) is 36.6 Å². The third kappa shape index (κ3) is 5.01. The lowest BCUT2D eigenvalue weighted by Gasteiger charge is -2.15. The van der Waals surface area contributed by atoms with Crippen LogP contribution in [-0.2, 0) is 13.8 Å². The summed E-state index contributed by atoms with van der Waals surface area (Å²) >= 11 is 0. The molecule has 1 aromatic rings. The second kappa shape index (κ2) is 7.12. The van der Waals surface area contributed by atoms with Crippen molar-refractivity contribution < 1.29 is 17.9 Å². The maximum absolute atomic E-state index is 11.3. The van der Waals surface area contributed by atoms with E-state index in [0.29, 0.717) is 25.6 Å². The van der Waals surface area contributed by atoms with Gasteiger partial charge in [-0.15, -0.1) is 0 Å². The summed E-state index contributed by atoms with van der Waals surface area (Å²) in [6.45, 7) is 7.43. The SMILES string of the molecule is CCOCCOc1ccc(S(=O)(=O)Cl)cc1C(C)C. The third-order valence-corrected chi connectivity index (χ3v) is 3.93. The highest BCUT2D eigenvalue weighted by Gasteiger charge is 2.15. The van der Waals surface area contributed by atoms with Crippen LogP contribution in [0.4, 0.5) is 0 Å². The first kappa shape index (κ1) is 16.3. The van der Waals surface area contributed by atoms with Crippen LogP contribution in [0.5, 0.6) is 5.75 Å². The molecule has 0 heterocycles. The second-order valence-corrected chi connectivity index (χ2v) is 6.90. The van der Waals surface area contributed by atoms with Crippen LogP contribution in [-0.4, -0.2) is 28.2 Å². The summed E-state index contributed by atoms with van der Waals surface area (Å²) in [6.07, 6.45) is 0. The molecule has 1 rings (SSSR count). The monoisotopic (exact) mass is 306 g/mol. The minimum atomic E-state index is -3.71. The molecule has 0 unspecified atom stereocenters. The predicted octanol–water partition coefficient (Wildman–Crippen LogP) is 3.15. The summed E-state index contributed by atoms with van der Waals surface area (Å²) in [4.78, 5) is 0.0926. The van der Waals surface area contributed by atoms with E-state index < -0.39 is 9.05 Å². The van der Waals surface area contributed by atoms with Crippen molar-refractivity contribution in [3.8, 4) is 5.75 Å². The van der Waals surface area contributed by atoms with E-state index in [-0.39, 0.29) is 10.8 Å². The first-order valence-electron chi connectivity index (χ1n) is 6.15. The van der Waals surface area contributed by atoms with Crippen LogP contribution in [0.2, 0.25) is 0 Å². The molecule has 0 aliphatic heterocycles. The van der Waals surface area contributed by atoms with E-state index >= 15 is 0 Å². The van der Waals surface area contributed by atoms with Crippen molar-refractivity contribution in [2.45, 2.75) is 31.6 Å². The van der Waals surface area contributed by atoms with Gasteiger partial charge in [0.15, 0.2) is 0 Å². The van der Waals surface area contributed by atoms with Crippen LogP contribution >= 0.6 is 10.7 Å². The highest BCUT2D eigenvalue weighted by atomic mass is 35.7. The van der Waals surface area contributed by atoms with Crippen LogP contribution in [0, 0.1) is 0 Å². The summed E-state index contributed by atoms with van der Waals surface area (Å²) in [5.41, 5.74) is 0.818. The lowest BCUT2D eigenvalue weighted by Crippen LogP contribution is -2.08. The Bertz CT molecular complexity index is 511. The molecule has 0 aliphatic carbocycles. The largest absolute Gasteiger partial charge is 0.491 e. The lowest BCUT2D eigenvalue weighted by atomic mass is 10.0. The zero-order valence-corrected chi connectivity index (χ0v) is 12.9. The molecule has 0 amide bonds. The van der Waals surface area contributed by atoms with Gasteiger partial charge in [0, 0.05) is 17.3 Å². The highest BCUT2D eigenvalue weighted by Crippen LogP contribution is 2.30. The van der Waals surface area contributed by atoms with Crippen LogP contribution < -0.4 is 4.74 Å². The van der Waals surface area contributed by atoms with E-state index in [1.165, 1.54) is 6.07 Å². The molecule has 0 atom stereocenters. The van der Waals surface area contributed by atoms with Crippen LogP contribution in [0.15, 0.2) is 23.1 Å². The zero-order valence-electron chi connectivity index (χ0n) is 11.3. The molecule has 0 aliphatic rings. The van der Waals surface area contributed by atoms with Gasteiger partial charge in [-0.1, -0.05) is 13.8 Å². The summed E-state index contributed by atoms with van der Waals surface area (Å²) in [5.74, 6) is 0.805. The Labute approximate surface area is 119 Å². The van der Waals surface area contributed by atoms with Gasteiger partial charge < -0.3 is 9.47 Å². The minimum absolute atomic E-state index is 0.0926. The van der Waals surface area contributed by atoms with Gasteiger partial charge >= 0.3 is 0 Å². The number of halogens is 1. The summed E-state index contributed by atoms with van der Waals surface area (Å²) < 4.78 is 33.4. The van der Waals surface area contributed by atoms with Crippen LogP contribution in [0.1, 0.15) is 32.3 Å². The Morgan fingerprint density at radius 2 is 1.95 bits per heavy atom.